The largest absolute Gasteiger partial charge is 0.491 e. The van der Waals surface area contributed by atoms with Crippen molar-refractivity contribution in [2.24, 2.45) is 20.0 Å². The highest BCUT2D eigenvalue weighted by atomic mass is 35.5. The Morgan fingerprint density at radius 2 is 1.70 bits per heavy atom. The van der Waals surface area contributed by atoms with Crippen molar-refractivity contribution < 1.29 is 9.84 Å². The average Bonchev–Trinajstić information content (AvgIpc) is 2.94. The fourth-order valence-corrected chi connectivity index (χ4v) is 3.33. The lowest BCUT2D eigenvalue weighted by Gasteiger charge is -2.14. The third-order valence-electron chi connectivity index (χ3n) is 5.24. The number of aliphatic hydroxyl groups is 1. The number of halogens is 1. The van der Waals surface area contributed by atoms with Crippen molar-refractivity contribution in [2.45, 2.75) is 32.9 Å². The normalized spacial score (nSPS) is 12.2. The SMILES string of the molecule is CC(C)CCNCc1ccc(OCC(O)c2ccc3c(c2)n(C)c(=O)n3C)cc1.Cl. The van der Waals surface area contributed by atoms with E-state index in [1.54, 1.807) is 23.2 Å². The molecule has 164 valence electrons. The number of hydrogen-bond acceptors (Lipinski definition) is 4. The number of fused-ring (bicyclic) bond motifs is 1. The summed E-state index contributed by atoms with van der Waals surface area (Å²) >= 11 is 0. The summed E-state index contributed by atoms with van der Waals surface area (Å²) in [5, 5.41) is 14.0. The van der Waals surface area contributed by atoms with E-state index in [1.165, 1.54) is 12.0 Å². The first-order valence-corrected chi connectivity index (χ1v) is 10.1. The summed E-state index contributed by atoms with van der Waals surface area (Å²) < 4.78 is 8.94. The molecule has 0 radical (unpaired) electrons. The molecule has 1 heterocycles. The van der Waals surface area contributed by atoms with Crippen LogP contribution in [0.5, 0.6) is 5.75 Å². The van der Waals surface area contributed by atoms with Crippen LogP contribution in [0, 0.1) is 5.92 Å². The molecule has 6 nitrogen and oxygen atoms in total. The van der Waals surface area contributed by atoms with Gasteiger partial charge in [0.1, 0.15) is 18.5 Å². The molecule has 2 N–H and O–H groups in total. The van der Waals surface area contributed by atoms with Crippen molar-refractivity contribution in [3.05, 3.63) is 64.1 Å². The maximum absolute atomic E-state index is 12.1. The van der Waals surface area contributed by atoms with E-state index < -0.39 is 6.10 Å². The Kier molecular flexibility index (Phi) is 8.53. The first kappa shape index (κ1) is 24.0. The minimum atomic E-state index is -0.771. The molecule has 0 saturated carbocycles. The first-order valence-electron chi connectivity index (χ1n) is 10.1. The number of imidazole rings is 1. The standard InChI is InChI=1S/C23H31N3O3.ClH/c1-16(2)11-12-24-14-17-5-8-19(9-6-17)29-15-22(27)18-7-10-20-21(13-18)26(4)23(28)25(20)3;/h5-10,13,16,22,24,27H,11-12,14-15H2,1-4H3;1H. The van der Waals surface area contributed by atoms with Gasteiger partial charge in [0.2, 0.25) is 0 Å². The van der Waals surface area contributed by atoms with Gasteiger partial charge in [0.15, 0.2) is 0 Å². The minimum absolute atomic E-state index is 0. The van der Waals surface area contributed by atoms with Gasteiger partial charge in [-0.15, -0.1) is 12.4 Å². The number of rotatable bonds is 9. The second kappa shape index (κ2) is 10.7. The van der Waals surface area contributed by atoms with Gasteiger partial charge >= 0.3 is 5.69 Å². The van der Waals surface area contributed by atoms with Crippen LogP contribution in [0.25, 0.3) is 11.0 Å². The lowest BCUT2D eigenvalue weighted by molar-refractivity contribution is 0.108. The molecular weight excluding hydrogens is 402 g/mol. The van der Waals surface area contributed by atoms with E-state index in [0.717, 1.165) is 35.4 Å². The van der Waals surface area contributed by atoms with Crippen LogP contribution in [-0.4, -0.2) is 27.4 Å². The van der Waals surface area contributed by atoms with Crippen LogP contribution in [0.3, 0.4) is 0 Å². The van der Waals surface area contributed by atoms with Crippen molar-refractivity contribution in [1.29, 1.82) is 0 Å². The number of aryl methyl sites for hydroxylation is 2. The molecule has 1 aromatic heterocycles. The number of aromatic nitrogens is 2. The number of nitrogens with zero attached hydrogens (tertiary/aromatic N) is 2. The summed E-state index contributed by atoms with van der Waals surface area (Å²) in [6, 6.07) is 13.5. The summed E-state index contributed by atoms with van der Waals surface area (Å²) in [6.45, 7) is 6.45. The highest BCUT2D eigenvalue weighted by Crippen LogP contribution is 2.21. The smallest absolute Gasteiger partial charge is 0.328 e. The van der Waals surface area contributed by atoms with E-state index in [4.69, 9.17) is 4.74 Å². The van der Waals surface area contributed by atoms with E-state index in [9.17, 15) is 9.90 Å². The molecule has 2 aromatic carbocycles. The molecule has 0 aliphatic rings. The molecule has 0 aliphatic heterocycles. The molecular formula is C23H32ClN3O3. The van der Waals surface area contributed by atoms with E-state index >= 15 is 0 Å². The molecule has 1 atom stereocenters. The quantitative estimate of drug-likeness (QED) is 0.506. The van der Waals surface area contributed by atoms with Crippen LogP contribution in [-0.2, 0) is 20.6 Å². The molecule has 30 heavy (non-hydrogen) atoms. The van der Waals surface area contributed by atoms with Crippen LogP contribution >= 0.6 is 12.4 Å². The van der Waals surface area contributed by atoms with Crippen LogP contribution in [0.2, 0.25) is 0 Å². The van der Waals surface area contributed by atoms with Gasteiger partial charge in [0.05, 0.1) is 11.0 Å². The zero-order valence-electron chi connectivity index (χ0n) is 18.1. The molecule has 3 rings (SSSR count). The maximum Gasteiger partial charge on any atom is 0.328 e. The summed E-state index contributed by atoms with van der Waals surface area (Å²) in [7, 11) is 3.48. The molecule has 1 unspecified atom stereocenters. The molecule has 0 saturated heterocycles. The second-order valence-corrected chi connectivity index (χ2v) is 7.98. The maximum atomic E-state index is 12.1. The molecule has 0 bridgehead atoms. The Bertz CT molecular complexity index is 1010. The zero-order valence-corrected chi connectivity index (χ0v) is 18.9. The van der Waals surface area contributed by atoms with Gasteiger partial charge in [-0.05, 0) is 54.3 Å². The van der Waals surface area contributed by atoms with Crippen molar-refractivity contribution in [1.82, 2.24) is 14.5 Å². The zero-order chi connectivity index (χ0) is 21.0. The Balaban J connectivity index is 0.00000320. The van der Waals surface area contributed by atoms with Gasteiger partial charge in [0, 0.05) is 20.6 Å². The Labute approximate surface area is 183 Å². The van der Waals surface area contributed by atoms with E-state index in [1.807, 2.05) is 42.5 Å². The predicted octanol–water partition coefficient (Wildman–Crippen LogP) is 3.55. The summed E-state index contributed by atoms with van der Waals surface area (Å²) in [5.74, 6) is 1.43. The van der Waals surface area contributed by atoms with Crippen molar-refractivity contribution in [3.8, 4) is 5.75 Å². The van der Waals surface area contributed by atoms with Crippen LogP contribution in [0.4, 0.5) is 0 Å². The fourth-order valence-electron chi connectivity index (χ4n) is 3.33. The highest BCUT2D eigenvalue weighted by molar-refractivity contribution is 5.85. The van der Waals surface area contributed by atoms with Crippen molar-refractivity contribution >= 4 is 23.4 Å². The highest BCUT2D eigenvalue weighted by Gasteiger charge is 2.13. The van der Waals surface area contributed by atoms with Gasteiger partial charge in [-0.25, -0.2) is 4.79 Å². The third-order valence-corrected chi connectivity index (χ3v) is 5.24. The minimum Gasteiger partial charge on any atom is -0.491 e. The number of ether oxygens (including phenoxy) is 1. The van der Waals surface area contributed by atoms with E-state index in [-0.39, 0.29) is 24.7 Å². The first-order chi connectivity index (χ1) is 13.9. The van der Waals surface area contributed by atoms with Crippen LogP contribution in [0.15, 0.2) is 47.3 Å². The lowest BCUT2D eigenvalue weighted by atomic mass is 10.1. The lowest BCUT2D eigenvalue weighted by Crippen LogP contribution is -2.19. The summed E-state index contributed by atoms with van der Waals surface area (Å²) in [6.07, 6.45) is 0.397. The summed E-state index contributed by atoms with van der Waals surface area (Å²) in [5.41, 5.74) is 3.48. The van der Waals surface area contributed by atoms with Gasteiger partial charge in [-0.3, -0.25) is 9.13 Å². The molecule has 0 amide bonds. The molecule has 7 heteroatoms. The topological polar surface area (TPSA) is 68.4 Å². The Morgan fingerprint density at radius 1 is 1.03 bits per heavy atom. The van der Waals surface area contributed by atoms with Gasteiger partial charge in [-0.1, -0.05) is 32.0 Å². The predicted molar refractivity (Wildman–Crippen MR) is 123 cm³/mol. The number of benzene rings is 2. The van der Waals surface area contributed by atoms with Crippen molar-refractivity contribution in [2.75, 3.05) is 13.2 Å². The van der Waals surface area contributed by atoms with Gasteiger partial charge in [-0.2, -0.15) is 0 Å². The van der Waals surface area contributed by atoms with Gasteiger partial charge < -0.3 is 15.2 Å². The van der Waals surface area contributed by atoms with E-state index in [2.05, 4.69) is 19.2 Å². The second-order valence-electron chi connectivity index (χ2n) is 7.98. The molecule has 0 aliphatic carbocycles. The van der Waals surface area contributed by atoms with Crippen LogP contribution in [0.1, 0.15) is 37.5 Å². The third kappa shape index (κ3) is 5.65. The Morgan fingerprint density at radius 3 is 2.37 bits per heavy atom. The van der Waals surface area contributed by atoms with Crippen LogP contribution < -0.4 is 15.7 Å². The number of hydrogen-bond donors (Lipinski definition) is 2. The molecule has 3 aromatic rings. The molecule has 0 fully saturated rings. The summed E-state index contributed by atoms with van der Waals surface area (Å²) in [4.78, 5) is 12.1. The molecule has 0 spiro atoms. The number of nitrogens with one attached hydrogen (secondary N) is 1. The van der Waals surface area contributed by atoms with Gasteiger partial charge in [0.25, 0.3) is 0 Å². The fraction of sp³-hybridized carbons (Fsp3) is 0.435. The monoisotopic (exact) mass is 433 g/mol. The number of aliphatic hydroxyl groups excluding tert-OH is 1. The van der Waals surface area contributed by atoms with E-state index in [0.29, 0.717) is 5.92 Å². The Hall–Kier alpha value is -2.28. The average molecular weight is 434 g/mol. The van der Waals surface area contributed by atoms with Crippen molar-refractivity contribution in [3.63, 3.8) is 0 Å².